The molecule has 0 aliphatic rings. The van der Waals surface area contributed by atoms with Gasteiger partial charge in [-0.25, -0.2) is 9.37 Å². The van der Waals surface area contributed by atoms with Crippen molar-refractivity contribution in [2.24, 2.45) is 0 Å². The number of hydrogen-bond donors (Lipinski definition) is 2. The van der Waals surface area contributed by atoms with Crippen LogP contribution in [0.4, 0.5) is 14.5 Å². The maximum absolute atomic E-state index is 13.8. The third-order valence-corrected chi connectivity index (χ3v) is 2.66. The first-order valence-corrected chi connectivity index (χ1v) is 5.89. The summed E-state index contributed by atoms with van der Waals surface area (Å²) in [6, 6.07) is 1.04. The van der Waals surface area contributed by atoms with E-state index in [1.54, 1.807) is 6.20 Å². The number of halogens is 2. The normalized spacial score (nSPS) is 10.4. The van der Waals surface area contributed by atoms with Crippen LogP contribution in [-0.4, -0.2) is 27.3 Å². The van der Waals surface area contributed by atoms with E-state index in [0.717, 1.165) is 0 Å². The largest absolute Gasteiger partial charge is 0.351 e. The highest BCUT2D eigenvalue weighted by molar-refractivity contribution is 5.95. The summed E-state index contributed by atoms with van der Waals surface area (Å²) < 4.78 is 27.0. The standard InChI is InChI=1S/C12H10F2N4O3/c13-7-5-8(11(14)9(6-7)18(20)21)12(19)17-2-1-10-15-3-4-16-10/h3-6H,1-2H2,(H,15,16)(H,17,19). The highest BCUT2D eigenvalue weighted by Crippen LogP contribution is 2.22. The summed E-state index contributed by atoms with van der Waals surface area (Å²) in [6.45, 7) is 0.121. The zero-order valence-electron chi connectivity index (χ0n) is 10.6. The van der Waals surface area contributed by atoms with Crippen LogP contribution in [0.3, 0.4) is 0 Å². The van der Waals surface area contributed by atoms with Gasteiger partial charge in [0, 0.05) is 25.4 Å². The molecule has 0 saturated heterocycles. The number of hydrogen-bond acceptors (Lipinski definition) is 4. The van der Waals surface area contributed by atoms with Gasteiger partial charge in [-0.15, -0.1) is 0 Å². The minimum atomic E-state index is -1.36. The van der Waals surface area contributed by atoms with E-state index in [1.165, 1.54) is 6.20 Å². The van der Waals surface area contributed by atoms with Crippen molar-refractivity contribution in [2.45, 2.75) is 6.42 Å². The second-order valence-electron chi connectivity index (χ2n) is 4.09. The highest BCUT2D eigenvalue weighted by atomic mass is 19.1. The van der Waals surface area contributed by atoms with Crippen molar-refractivity contribution < 1.29 is 18.5 Å². The lowest BCUT2D eigenvalue weighted by atomic mass is 10.1. The Morgan fingerprint density at radius 2 is 2.19 bits per heavy atom. The summed E-state index contributed by atoms with van der Waals surface area (Å²) >= 11 is 0. The van der Waals surface area contributed by atoms with Crippen LogP contribution < -0.4 is 5.32 Å². The van der Waals surface area contributed by atoms with Crippen molar-refractivity contribution in [1.82, 2.24) is 15.3 Å². The number of carbonyl (C=O) groups is 1. The van der Waals surface area contributed by atoms with E-state index < -0.39 is 33.7 Å². The molecule has 0 aliphatic heterocycles. The first-order chi connectivity index (χ1) is 9.99. The van der Waals surface area contributed by atoms with Crippen molar-refractivity contribution in [3.05, 3.63) is 57.7 Å². The Balaban J connectivity index is 2.10. The van der Waals surface area contributed by atoms with Gasteiger partial charge in [0.1, 0.15) is 11.6 Å². The lowest BCUT2D eigenvalue weighted by Gasteiger charge is -2.06. The molecule has 0 atom stereocenters. The zero-order valence-corrected chi connectivity index (χ0v) is 10.6. The molecule has 0 spiro atoms. The molecule has 2 aromatic rings. The van der Waals surface area contributed by atoms with Gasteiger partial charge in [0.05, 0.1) is 16.6 Å². The molecule has 1 amide bonds. The topological polar surface area (TPSA) is 101 Å². The Morgan fingerprint density at radius 3 is 2.81 bits per heavy atom. The number of H-pyrrole nitrogens is 1. The number of aromatic nitrogens is 2. The van der Waals surface area contributed by atoms with E-state index in [0.29, 0.717) is 24.4 Å². The molecule has 0 saturated carbocycles. The van der Waals surface area contributed by atoms with Crippen LogP contribution in [0.15, 0.2) is 24.5 Å². The lowest BCUT2D eigenvalue weighted by molar-refractivity contribution is -0.387. The Bertz CT molecular complexity index is 673. The number of carbonyl (C=O) groups excluding carboxylic acids is 1. The molecule has 1 heterocycles. The average molecular weight is 296 g/mol. The Labute approximate surface area is 117 Å². The van der Waals surface area contributed by atoms with Crippen LogP contribution in [0.25, 0.3) is 0 Å². The third kappa shape index (κ3) is 3.38. The number of amides is 1. The van der Waals surface area contributed by atoms with Crippen LogP contribution in [0, 0.1) is 21.7 Å². The number of nitrogens with zero attached hydrogens (tertiary/aromatic N) is 2. The van der Waals surface area contributed by atoms with E-state index in [-0.39, 0.29) is 6.54 Å². The van der Waals surface area contributed by atoms with Crippen molar-refractivity contribution >= 4 is 11.6 Å². The molecule has 0 radical (unpaired) electrons. The number of aromatic amines is 1. The molecule has 7 nitrogen and oxygen atoms in total. The summed E-state index contributed by atoms with van der Waals surface area (Å²) in [5.74, 6) is -2.74. The monoisotopic (exact) mass is 296 g/mol. The molecular weight excluding hydrogens is 286 g/mol. The molecule has 0 unspecified atom stereocenters. The van der Waals surface area contributed by atoms with Crippen molar-refractivity contribution in [3.8, 4) is 0 Å². The molecule has 9 heteroatoms. The molecule has 1 aromatic carbocycles. The summed E-state index contributed by atoms with van der Waals surface area (Å²) in [6.07, 6.45) is 3.50. The second kappa shape index (κ2) is 6.07. The van der Waals surface area contributed by atoms with Gasteiger partial charge >= 0.3 is 5.69 Å². The van der Waals surface area contributed by atoms with Crippen molar-refractivity contribution in [3.63, 3.8) is 0 Å². The highest BCUT2D eigenvalue weighted by Gasteiger charge is 2.23. The van der Waals surface area contributed by atoms with Gasteiger partial charge in [0.15, 0.2) is 0 Å². The molecule has 0 aliphatic carbocycles. The lowest BCUT2D eigenvalue weighted by Crippen LogP contribution is -2.27. The fourth-order valence-electron chi connectivity index (χ4n) is 1.70. The Kier molecular flexibility index (Phi) is 4.21. The smallest absolute Gasteiger partial charge is 0.308 e. The van der Waals surface area contributed by atoms with Crippen molar-refractivity contribution in [1.29, 1.82) is 0 Å². The first kappa shape index (κ1) is 14.6. The predicted molar refractivity (Wildman–Crippen MR) is 67.6 cm³/mol. The number of nitro benzene ring substituents is 1. The Hall–Kier alpha value is -2.84. The minimum absolute atomic E-state index is 0.121. The number of nitrogens with one attached hydrogen (secondary N) is 2. The van der Waals surface area contributed by atoms with E-state index in [4.69, 9.17) is 0 Å². The third-order valence-electron chi connectivity index (χ3n) is 2.66. The van der Waals surface area contributed by atoms with E-state index in [9.17, 15) is 23.7 Å². The number of imidazole rings is 1. The van der Waals surface area contributed by atoms with Crippen LogP contribution in [0.1, 0.15) is 16.2 Å². The summed E-state index contributed by atoms with van der Waals surface area (Å²) in [4.78, 5) is 28.0. The van der Waals surface area contributed by atoms with Gasteiger partial charge < -0.3 is 10.3 Å². The van der Waals surface area contributed by atoms with E-state index >= 15 is 0 Å². The van der Waals surface area contributed by atoms with Gasteiger partial charge in [0.2, 0.25) is 5.82 Å². The number of nitro groups is 1. The maximum Gasteiger partial charge on any atom is 0.308 e. The van der Waals surface area contributed by atoms with Gasteiger partial charge in [-0.2, -0.15) is 4.39 Å². The Morgan fingerprint density at radius 1 is 1.43 bits per heavy atom. The van der Waals surface area contributed by atoms with Gasteiger partial charge in [-0.05, 0) is 6.07 Å². The van der Waals surface area contributed by atoms with Gasteiger partial charge in [-0.1, -0.05) is 0 Å². The molecular formula is C12H10F2N4O3. The maximum atomic E-state index is 13.8. The van der Waals surface area contributed by atoms with E-state index in [2.05, 4.69) is 15.3 Å². The fraction of sp³-hybridized carbons (Fsp3) is 0.167. The average Bonchev–Trinajstić information content (AvgIpc) is 2.93. The number of benzene rings is 1. The fourth-order valence-corrected chi connectivity index (χ4v) is 1.70. The van der Waals surface area contributed by atoms with Crippen LogP contribution in [0.2, 0.25) is 0 Å². The molecule has 0 fully saturated rings. The SMILES string of the molecule is O=C(NCCc1ncc[nH]1)c1cc(F)cc([N+](=O)[O-])c1F. The van der Waals surface area contributed by atoms with Gasteiger partial charge in [0.25, 0.3) is 5.91 Å². The summed E-state index contributed by atoms with van der Waals surface area (Å²) in [7, 11) is 0. The molecule has 21 heavy (non-hydrogen) atoms. The summed E-state index contributed by atoms with van der Waals surface area (Å²) in [5, 5.41) is 12.9. The predicted octanol–water partition coefficient (Wildman–Crippen LogP) is 1.57. The van der Waals surface area contributed by atoms with Crippen LogP contribution >= 0.6 is 0 Å². The molecule has 2 N–H and O–H groups in total. The molecule has 2 rings (SSSR count). The van der Waals surface area contributed by atoms with Crippen LogP contribution in [-0.2, 0) is 6.42 Å². The first-order valence-electron chi connectivity index (χ1n) is 5.89. The van der Waals surface area contributed by atoms with Gasteiger partial charge in [-0.3, -0.25) is 14.9 Å². The second-order valence-corrected chi connectivity index (χ2v) is 4.09. The number of rotatable bonds is 5. The molecule has 0 bridgehead atoms. The van der Waals surface area contributed by atoms with Crippen LogP contribution in [0.5, 0.6) is 0 Å². The quantitative estimate of drug-likeness (QED) is 0.646. The molecule has 1 aromatic heterocycles. The minimum Gasteiger partial charge on any atom is -0.351 e. The molecule has 110 valence electrons. The summed E-state index contributed by atoms with van der Waals surface area (Å²) in [5.41, 5.74) is -1.78. The van der Waals surface area contributed by atoms with Crippen molar-refractivity contribution in [2.75, 3.05) is 6.54 Å². The zero-order chi connectivity index (χ0) is 15.4. The van der Waals surface area contributed by atoms with E-state index in [1.807, 2.05) is 0 Å².